The molecule has 1 saturated heterocycles. The van der Waals surface area contributed by atoms with Gasteiger partial charge in [0.05, 0.1) is 0 Å². The van der Waals surface area contributed by atoms with Gasteiger partial charge in [-0.1, -0.05) is 12.1 Å². The summed E-state index contributed by atoms with van der Waals surface area (Å²) in [5.74, 6) is 0.197. The lowest BCUT2D eigenvalue weighted by atomic mass is 10.1. The van der Waals surface area contributed by atoms with E-state index in [0.29, 0.717) is 0 Å². The molecule has 1 aliphatic rings. The Morgan fingerprint density at radius 2 is 1.70 bits per heavy atom. The molecule has 3 rings (SSSR count). The van der Waals surface area contributed by atoms with E-state index in [1.807, 2.05) is 18.2 Å². The van der Waals surface area contributed by atoms with Crippen molar-refractivity contribution < 1.29 is 13.5 Å². The molecule has 20 heavy (non-hydrogen) atoms. The summed E-state index contributed by atoms with van der Waals surface area (Å²) in [6.45, 7) is 1.15. The summed E-state index contributed by atoms with van der Waals surface area (Å²) in [5.41, 5.74) is 1.17. The molecule has 0 aromatic heterocycles. The highest BCUT2D eigenvalue weighted by atomic mass is 19.3. The number of benzene rings is 2. The number of rotatable bonds is 3. The minimum atomic E-state index is -2.78. The second-order valence-corrected chi connectivity index (χ2v) is 4.81. The number of nitrogens with zero attached hydrogens (tertiary/aromatic N) is 1. The zero-order chi connectivity index (χ0) is 13.9. The Morgan fingerprint density at radius 3 is 2.45 bits per heavy atom. The number of nitrogens with one attached hydrogen (secondary N) is 1. The smallest absolute Gasteiger partial charge is 0.387 e. The van der Waals surface area contributed by atoms with Crippen LogP contribution in [0.1, 0.15) is 0 Å². The van der Waals surface area contributed by atoms with Crippen LogP contribution in [0.4, 0.5) is 14.5 Å². The number of piperazine rings is 1. The molecule has 1 N–H and O–H groups in total. The summed E-state index contributed by atoms with van der Waals surface area (Å²) < 4.78 is 28.8. The van der Waals surface area contributed by atoms with Gasteiger partial charge in [-0.3, -0.25) is 0 Å². The number of halogens is 2. The predicted molar refractivity (Wildman–Crippen MR) is 75.7 cm³/mol. The van der Waals surface area contributed by atoms with Gasteiger partial charge in [0.1, 0.15) is 5.75 Å². The molecule has 0 aliphatic carbocycles. The lowest BCUT2D eigenvalue weighted by Crippen LogP contribution is -2.43. The molecule has 0 spiro atoms. The lowest BCUT2D eigenvalue weighted by molar-refractivity contribution is -0.0497. The van der Waals surface area contributed by atoms with Crippen molar-refractivity contribution in [3.8, 4) is 5.75 Å². The van der Waals surface area contributed by atoms with Crippen LogP contribution in [-0.2, 0) is 0 Å². The Morgan fingerprint density at radius 1 is 1.00 bits per heavy atom. The molecule has 106 valence electrons. The van der Waals surface area contributed by atoms with E-state index >= 15 is 0 Å². The van der Waals surface area contributed by atoms with Crippen LogP contribution in [0.3, 0.4) is 0 Å². The van der Waals surface area contributed by atoms with E-state index in [0.717, 1.165) is 37.0 Å². The zero-order valence-electron chi connectivity index (χ0n) is 11.0. The molecule has 1 aliphatic heterocycles. The van der Waals surface area contributed by atoms with Crippen molar-refractivity contribution >= 4 is 16.5 Å². The monoisotopic (exact) mass is 278 g/mol. The fourth-order valence-corrected chi connectivity index (χ4v) is 2.51. The van der Waals surface area contributed by atoms with Crippen molar-refractivity contribution in [3.05, 3.63) is 36.4 Å². The van der Waals surface area contributed by atoms with Crippen LogP contribution in [0.5, 0.6) is 5.75 Å². The number of ether oxygens (including phenoxy) is 1. The van der Waals surface area contributed by atoms with Gasteiger partial charge in [-0.2, -0.15) is 8.78 Å². The van der Waals surface area contributed by atoms with Crippen LogP contribution in [0.15, 0.2) is 36.4 Å². The highest BCUT2D eigenvalue weighted by molar-refractivity contribution is 5.87. The van der Waals surface area contributed by atoms with Crippen molar-refractivity contribution in [2.45, 2.75) is 6.61 Å². The first-order chi connectivity index (χ1) is 9.72. The molecule has 0 radical (unpaired) electrons. The Balaban J connectivity index is 1.87. The van der Waals surface area contributed by atoms with Crippen LogP contribution in [0, 0.1) is 0 Å². The number of anilines is 1. The molecule has 0 bridgehead atoms. The molecule has 1 fully saturated rings. The molecule has 0 amide bonds. The lowest BCUT2D eigenvalue weighted by Gasteiger charge is -2.29. The van der Waals surface area contributed by atoms with Crippen molar-refractivity contribution in [3.63, 3.8) is 0 Å². The Hall–Kier alpha value is -1.88. The quantitative estimate of drug-likeness (QED) is 0.934. The first-order valence-electron chi connectivity index (χ1n) is 6.67. The van der Waals surface area contributed by atoms with E-state index in [1.54, 1.807) is 12.1 Å². The Kier molecular flexibility index (Phi) is 3.69. The summed E-state index contributed by atoms with van der Waals surface area (Å²) in [4.78, 5) is 2.32. The standard InChI is InChI=1S/C15H16F2N2O/c16-15(17)20-14-4-2-11-9-13(3-1-12(11)10-14)19-7-5-18-6-8-19/h1-4,9-10,15,18H,5-8H2. The van der Waals surface area contributed by atoms with Crippen molar-refractivity contribution in [1.82, 2.24) is 5.32 Å². The van der Waals surface area contributed by atoms with Crippen LogP contribution in [-0.4, -0.2) is 32.8 Å². The maximum absolute atomic E-state index is 12.2. The van der Waals surface area contributed by atoms with Crippen molar-refractivity contribution in [2.75, 3.05) is 31.1 Å². The van der Waals surface area contributed by atoms with Crippen molar-refractivity contribution in [2.24, 2.45) is 0 Å². The van der Waals surface area contributed by atoms with E-state index in [1.165, 1.54) is 5.69 Å². The zero-order valence-corrected chi connectivity index (χ0v) is 11.0. The van der Waals surface area contributed by atoms with Crippen LogP contribution in [0.2, 0.25) is 0 Å². The first kappa shape index (κ1) is 13.1. The third kappa shape index (κ3) is 2.82. The molecular weight excluding hydrogens is 262 g/mol. The average molecular weight is 278 g/mol. The van der Waals surface area contributed by atoms with E-state index < -0.39 is 6.61 Å². The third-order valence-corrected chi connectivity index (χ3v) is 3.50. The molecule has 0 unspecified atom stereocenters. The molecule has 0 saturated carbocycles. The van der Waals surface area contributed by atoms with E-state index in [4.69, 9.17) is 0 Å². The topological polar surface area (TPSA) is 24.5 Å². The number of hydrogen-bond donors (Lipinski definition) is 1. The summed E-state index contributed by atoms with van der Waals surface area (Å²) in [6, 6.07) is 11.1. The summed E-state index contributed by atoms with van der Waals surface area (Å²) in [5, 5.41) is 5.25. The summed E-state index contributed by atoms with van der Waals surface area (Å²) >= 11 is 0. The van der Waals surface area contributed by atoms with Crippen LogP contribution >= 0.6 is 0 Å². The number of fused-ring (bicyclic) bond motifs is 1. The van der Waals surface area contributed by atoms with Crippen LogP contribution in [0.25, 0.3) is 10.8 Å². The number of alkyl halides is 2. The third-order valence-electron chi connectivity index (χ3n) is 3.50. The molecule has 5 heteroatoms. The van der Waals surface area contributed by atoms with Crippen molar-refractivity contribution in [1.29, 1.82) is 0 Å². The van der Waals surface area contributed by atoms with Gasteiger partial charge in [0.2, 0.25) is 0 Å². The molecule has 2 aromatic rings. The number of hydrogen-bond acceptors (Lipinski definition) is 3. The average Bonchev–Trinajstić information content (AvgIpc) is 2.47. The van der Waals surface area contributed by atoms with Gasteiger partial charge in [-0.15, -0.1) is 0 Å². The second kappa shape index (κ2) is 5.63. The van der Waals surface area contributed by atoms with Gasteiger partial charge >= 0.3 is 6.61 Å². The fraction of sp³-hybridized carbons (Fsp3) is 0.333. The first-order valence-corrected chi connectivity index (χ1v) is 6.67. The minimum Gasteiger partial charge on any atom is -0.435 e. The molecule has 1 heterocycles. The van der Waals surface area contributed by atoms with Gasteiger partial charge in [0.25, 0.3) is 0 Å². The van der Waals surface area contributed by atoms with Gasteiger partial charge in [0, 0.05) is 31.9 Å². The van der Waals surface area contributed by atoms with E-state index in [2.05, 4.69) is 21.0 Å². The van der Waals surface area contributed by atoms with Gasteiger partial charge in [-0.05, 0) is 35.0 Å². The maximum atomic E-state index is 12.2. The molecular formula is C15H16F2N2O. The van der Waals surface area contributed by atoms with Crippen LogP contribution < -0.4 is 15.0 Å². The largest absolute Gasteiger partial charge is 0.435 e. The summed E-state index contributed by atoms with van der Waals surface area (Å²) in [7, 11) is 0. The normalized spacial score (nSPS) is 15.8. The maximum Gasteiger partial charge on any atom is 0.387 e. The van der Waals surface area contributed by atoms with E-state index in [-0.39, 0.29) is 5.75 Å². The van der Waals surface area contributed by atoms with Gasteiger partial charge < -0.3 is 15.0 Å². The molecule has 0 atom stereocenters. The Bertz CT molecular complexity index is 597. The fourth-order valence-electron chi connectivity index (χ4n) is 2.51. The van der Waals surface area contributed by atoms with Gasteiger partial charge in [0.15, 0.2) is 0 Å². The summed E-state index contributed by atoms with van der Waals surface area (Å²) in [6.07, 6.45) is 0. The predicted octanol–water partition coefficient (Wildman–Crippen LogP) is 2.85. The highest BCUT2D eigenvalue weighted by Crippen LogP contribution is 2.26. The SMILES string of the molecule is FC(F)Oc1ccc2cc(N3CCNCC3)ccc2c1. The molecule has 3 nitrogen and oxygen atoms in total. The van der Waals surface area contributed by atoms with Gasteiger partial charge in [-0.25, -0.2) is 0 Å². The highest BCUT2D eigenvalue weighted by Gasteiger charge is 2.11. The minimum absolute atomic E-state index is 0.197. The Labute approximate surface area is 116 Å². The molecule has 2 aromatic carbocycles. The van der Waals surface area contributed by atoms with E-state index in [9.17, 15) is 8.78 Å². The second-order valence-electron chi connectivity index (χ2n) is 4.81.